The Balaban J connectivity index is 1.72. The third-order valence-corrected chi connectivity index (χ3v) is 4.87. The third kappa shape index (κ3) is 6.05. The second-order valence-electron chi connectivity index (χ2n) is 6.93. The fourth-order valence-corrected chi connectivity index (χ4v) is 3.21. The maximum absolute atomic E-state index is 12.1. The van der Waals surface area contributed by atoms with Crippen LogP contribution in [0, 0.1) is 5.92 Å². The summed E-state index contributed by atoms with van der Waals surface area (Å²) < 4.78 is 0. The molecule has 0 aliphatic carbocycles. The first-order valence-electron chi connectivity index (χ1n) is 8.96. The molecule has 0 unspecified atom stereocenters. The molecule has 2 N–H and O–H groups in total. The largest absolute Gasteiger partial charge is 0.343 e. The maximum Gasteiger partial charge on any atom is 0.314 e. The lowest BCUT2D eigenvalue weighted by Gasteiger charge is -2.31. The van der Waals surface area contributed by atoms with Crippen LogP contribution < -0.4 is 10.6 Å². The summed E-state index contributed by atoms with van der Waals surface area (Å²) >= 11 is 0. The van der Waals surface area contributed by atoms with E-state index >= 15 is 0 Å². The highest BCUT2D eigenvalue weighted by atomic mass is 16.2. The molecule has 25 heavy (non-hydrogen) atoms. The maximum atomic E-state index is 12.1. The van der Waals surface area contributed by atoms with Crippen molar-refractivity contribution < 1.29 is 9.59 Å². The number of hydrogen-bond acceptors (Lipinski definition) is 3. The minimum absolute atomic E-state index is 0.128. The van der Waals surface area contributed by atoms with Crippen molar-refractivity contribution in [1.29, 1.82) is 0 Å². The molecular weight excluding hydrogens is 316 g/mol. The Morgan fingerprint density at radius 1 is 1.16 bits per heavy atom. The number of urea groups is 1. The summed E-state index contributed by atoms with van der Waals surface area (Å²) in [6.07, 6.45) is 1.90. The molecule has 0 radical (unpaired) electrons. The van der Waals surface area contributed by atoms with Gasteiger partial charge in [0.05, 0.1) is 6.04 Å². The summed E-state index contributed by atoms with van der Waals surface area (Å²) in [4.78, 5) is 27.4. The molecule has 6 heteroatoms. The van der Waals surface area contributed by atoms with Crippen molar-refractivity contribution in [2.45, 2.75) is 25.8 Å². The number of amides is 3. The van der Waals surface area contributed by atoms with E-state index in [1.54, 1.807) is 6.92 Å². The monoisotopic (exact) mass is 346 g/mol. The first-order chi connectivity index (χ1) is 12.0. The minimum Gasteiger partial charge on any atom is -0.343 e. The van der Waals surface area contributed by atoms with Crippen LogP contribution in [0.4, 0.5) is 4.79 Å². The number of hydrogen-bond donors (Lipinski definition) is 2. The van der Waals surface area contributed by atoms with Crippen molar-refractivity contribution in [3.8, 4) is 0 Å². The summed E-state index contributed by atoms with van der Waals surface area (Å²) in [6.45, 7) is 4.42. The molecule has 138 valence electrons. The van der Waals surface area contributed by atoms with Gasteiger partial charge < -0.3 is 20.4 Å². The fraction of sp³-hybridized carbons (Fsp3) is 0.579. The zero-order chi connectivity index (χ0) is 18.2. The lowest BCUT2D eigenvalue weighted by atomic mass is 9.97. The average molecular weight is 346 g/mol. The van der Waals surface area contributed by atoms with Gasteiger partial charge in [0.15, 0.2) is 0 Å². The predicted molar refractivity (Wildman–Crippen MR) is 99.2 cm³/mol. The van der Waals surface area contributed by atoms with Crippen LogP contribution in [-0.4, -0.2) is 62.0 Å². The molecule has 1 fully saturated rings. The van der Waals surface area contributed by atoms with E-state index in [1.807, 2.05) is 37.2 Å². The summed E-state index contributed by atoms with van der Waals surface area (Å²) in [6, 6.07) is 10.2. The molecule has 0 bridgehead atoms. The van der Waals surface area contributed by atoms with Crippen molar-refractivity contribution in [2.75, 3.05) is 40.3 Å². The van der Waals surface area contributed by atoms with Crippen LogP contribution >= 0.6 is 0 Å². The number of likely N-dealkylation sites (tertiary alicyclic amines) is 1. The fourth-order valence-electron chi connectivity index (χ4n) is 3.21. The molecule has 1 aromatic rings. The van der Waals surface area contributed by atoms with Gasteiger partial charge in [0.2, 0.25) is 5.91 Å². The molecule has 0 saturated carbocycles. The van der Waals surface area contributed by atoms with Crippen LogP contribution in [0.5, 0.6) is 0 Å². The molecule has 1 heterocycles. The Bertz CT molecular complexity index is 554. The molecule has 0 aromatic heterocycles. The highest BCUT2D eigenvalue weighted by Gasteiger charge is 2.21. The molecule has 1 atom stereocenters. The second kappa shape index (κ2) is 9.42. The quantitative estimate of drug-likeness (QED) is 0.826. The second-order valence-corrected chi connectivity index (χ2v) is 6.93. The zero-order valence-corrected chi connectivity index (χ0v) is 15.5. The Kier molecular flexibility index (Phi) is 7.25. The highest BCUT2D eigenvalue weighted by Crippen LogP contribution is 2.17. The number of benzene rings is 1. The third-order valence-electron chi connectivity index (χ3n) is 4.87. The van der Waals surface area contributed by atoms with Crippen molar-refractivity contribution in [1.82, 2.24) is 20.4 Å². The van der Waals surface area contributed by atoms with Gasteiger partial charge in [-0.2, -0.15) is 0 Å². The van der Waals surface area contributed by atoms with E-state index in [2.05, 4.69) is 27.7 Å². The molecule has 1 aliphatic rings. The van der Waals surface area contributed by atoms with Crippen LogP contribution in [0.1, 0.15) is 31.4 Å². The average Bonchev–Trinajstić information content (AvgIpc) is 2.61. The van der Waals surface area contributed by atoms with E-state index < -0.39 is 0 Å². The van der Waals surface area contributed by atoms with Crippen LogP contribution in [-0.2, 0) is 4.79 Å². The number of nitrogens with one attached hydrogen (secondary N) is 2. The molecule has 0 spiro atoms. The smallest absolute Gasteiger partial charge is 0.314 e. The number of carbonyl (C=O) groups is 2. The lowest BCUT2D eigenvalue weighted by molar-refractivity contribution is -0.130. The summed E-state index contributed by atoms with van der Waals surface area (Å²) in [5, 5.41) is 5.94. The lowest BCUT2D eigenvalue weighted by Crippen LogP contribution is -2.44. The van der Waals surface area contributed by atoms with Crippen LogP contribution in [0.15, 0.2) is 30.3 Å². The Labute approximate surface area is 150 Å². The van der Waals surface area contributed by atoms with Crippen LogP contribution in [0.2, 0.25) is 0 Å². The normalized spacial score (nSPS) is 16.6. The first kappa shape index (κ1) is 19.2. The molecule has 2 rings (SSSR count). The van der Waals surface area contributed by atoms with Gasteiger partial charge in [-0.3, -0.25) is 4.79 Å². The van der Waals surface area contributed by atoms with Gasteiger partial charge in [-0.1, -0.05) is 30.3 Å². The molecular formula is C19H30N4O2. The van der Waals surface area contributed by atoms with E-state index in [0.717, 1.165) is 25.9 Å². The van der Waals surface area contributed by atoms with Crippen molar-refractivity contribution >= 4 is 11.9 Å². The summed E-state index contributed by atoms with van der Waals surface area (Å²) in [5.74, 6) is 0.583. The number of likely N-dealkylation sites (N-methyl/N-ethyl adjacent to an activating group) is 1. The summed E-state index contributed by atoms with van der Waals surface area (Å²) in [5.41, 5.74) is 1.18. The van der Waals surface area contributed by atoms with E-state index in [4.69, 9.17) is 0 Å². The standard InChI is InChI=1S/C19H30N4O2/c1-15(24)23-11-9-16(10-12-23)13-20-19(25)21-14-18(22(2)3)17-7-5-4-6-8-17/h4-8,16,18H,9-14H2,1-3H3,(H2,20,21,25)/t18-/m1/s1. The van der Waals surface area contributed by atoms with Crippen LogP contribution in [0.25, 0.3) is 0 Å². The number of rotatable bonds is 6. The summed E-state index contributed by atoms with van der Waals surface area (Å²) in [7, 11) is 4.03. The molecule has 1 aromatic carbocycles. The molecule has 1 saturated heterocycles. The highest BCUT2D eigenvalue weighted by molar-refractivity contribution is 5.74. The van der Waals surface area contributed by atoms with Gasteiger partial charge in [0.1, 0.15) is 0 Å². The van der Waals surface area contributed by atoms with Gasteiger partial charge in [-0.15, -0.1) is 0 Å². The topological polar surface area (TPSA) is 64.7 Å². The first-order valence-corrected chi connectivity index (χ1v) is 8.96. The van der Waals surface area contributed by atoms with Crippen molar-refractivity contribution in [3.05, 3.63) is 35.9 Å². The van der Waals surface area contributed by atoms with Gasteiger partial charge in [-0.05, 0) is 38.4 Å². The van der Waals surface area contributed by atoms with Crippen molar-refractivity contribution in [2.24, 2.45) is 5.92 Å². The number of piperidine rings is 1. The molecule has 1 aliphatic heterocycles. The van der Waals surface area contributed by atoms with Gasteiger partial charge >= 0.3 is 6.03 Å². The Morgan fingerprint density at radius 2 is 1.80 bits per heavy atom. The van der Waals surface area contributed by atoms with E-state index in [9.17, 15) is 9.59 Å². The molecule has 6 nitrogen and oxygen atoms in total. The van der Waals surface area contributed by atoms with Gasteiger partial charge in [-0.25, -0.2) is 4.79 Å². The Morgan fingerprint density at radius 3 is 2.36 bits per heavy atom. The van der Waals surface area contributed by atoms with Gasteiger partial charge in [0, 0.05) is 33.1 Å². The zero-order valence-electron chi connectivity index (χ0n) is 15.5. The van der Waals surface area contributed by atoms with Gasteiger partial charge in [0.25, 0.3) is 0 Å². The Hall–Kier alpha value is -2.08. The van der Waals surface area contributed by atoms with Crippen LogP contribution in [0.3, 0.4) is 0 Å². The van der Waals surface area contributed by atoms with Crippen molar-refractivity contribution in [3.63, 3.8) is 0 Å². The van der Waals surface area contributed by atoms with E-state index in [0.29, 0.717) is 19.0 Å². The number of carbonyl (C=O) groups excluding carboxylic acids is 2. The SMILES string of the molecule is CC(=O)N1CCC(CNC(=O)NC[C@H](c2ccccc2)N(C)C)CC1. The number of nitrogens with zero attached hydrogens (tertiary/aromatic N) is 2. The van der Waals surface area contributed by atoms with E-state index in [1.165, 1.54) is 5.56 Å². The van der Waals surface area contributed by atoms with E-state index in [-0.39, 0.29) is 18.0 Å². The predicted octanol–water partition coefficient (Wildman–Crippen LogP) is 1.85. The minimum atomic E-state index is -0.128. The molecule has 3 amide bonds.